The molecule has 1 aliphatic rings. The van der Waals surface area contributed by atoms with Gasteiger partial charge in [0.15, 0.2) is 11.5 Å². The molecule has 0 bridgehead atoms. The maximum Gasteiger partial charge on any atom is 0.163 e. The molecule has 108 valence electrons. The van der Waals surface area contributed by atoms with Crippen LogP contribution in [0.5, 0.6) is 11.5 Å². The van der Waals surface area contributed by atoms with E-state index in [1.54, 1.807) is 0 Å². The Balaban J connectivity index is 2.12. The number of hydrogen-bond acceptors (Lipinski definition) is 4. The molecule has 0 spiro atoms. The lowest BCUT2D eigenvalue weighted by molar-refractivity contribution is 0.288. The van der Waals surface area contributed by atoms with E-state index in [4.69, 9.17) is 14.7 Å². The molecule has 1 aliphatic carbocycles. The van der Waals surface area contributed by atoms with Gasteiger partial charge in [-0.2, -0.15) is 5.26 Å². The summed E-state index contributed by atoms with van der Waals surface area (Å²) in [5.74, 6) is 1.63. The second kappa shape index (κ2) is 7.04. The van der Waals surface area contributed by atoms with Crippen molar-refractivity contribution in [1.29, 1.82) is 5.26 Å². The summed E-state index contributed by atoms with van der Waals surface area (Å²) in [5.41, 5.74) is 0.990. The first-order valence-electron chi connectivity index (χ1n) is 7.34. The molecular formula is C16H22N2O2. The lowest BCUT2D eigenvalue weighted by atomic mass is 10.1. The van der Waals surface area contributed by atoms with E-state index in [9.17, 15) is 0 Å². The van der Waals surface area contributed by atoms with Crippen molar-refractivity contribution in [2.45, 2.75) is 39.2 Å². The molecule has 0 heterocycles. The Labute approximate surface area is 120 Å². The monoisotopic (exact) mass is 274 g/mol. The van der Waals surface area contributed by atoms with Crippen LogP contribution in [0.4, 0.5) is 5.69 Å². The van der Waals surface area contributed by atoms with Gasteiger partial charge in [0.05, 0.1) is 25.2 Å². The summed E-state index contributed by atoms with van der Waals surface area (Å²) in [5, 5.41) is 12.6. The number of anilines is 1. The topological polar surface area (TPSA) is 54.3 Å². The summed E-state index contributed by atoms with van der Waals surface area (Å²) in [6, 6.07) is 8.50. The van der Waals surface area contributed by atoms with Crippen molar-refractivity contribution in [2.24, 2.45) is 5.92 Å². The minimum absolute atomic E-state index is 0.108. The van der Waals surface area contributed by atoms with Gasteiger partial charge < -0.3 is 14.8 Å². The van der Waals surface area contributed by atoms with E-state index in [2.05, 4.69) is 11.4 Å². The molecule has 2 rings (SSSR count). The van der Waals surface area contributed by atoms with Gasteiger partial charge in [0.25, 0.3) is 0 Å². The molecule has 0 aliphatic heterocycles. The quantitative estimate of drug-likeness (QED) is 0.861. The number of nitrogens with zero attached hydrogens (tertiary/aromatic N) is 1. The zero-order valence-corrected chi connectivity index (χ0v) is 12.2. The highest BCUT2D eigenvalue weighted by Gasteiger charge is 2.27. The van der Waals surface area contributed by atoms with Crippen molar-refractivity contribution < 1.29 is 9.47 Å². The van der Waals surface area contributed by atoms with Gasteiger partial charge in [-0.15, -0.1) is 0 Å². The van der Waals surface area contributed by atoms with Gasteiger partial charge in [0.1, 0.15) is 0 Å². The minimum atomic E-state index is 0.108. The Kier molecular flexibility index (Phi) is 5.11. The van der Waals surface area contributed by atoms with Crippen molar-refractivity contribution in [3.8, 4) is 17.6 Å². The third-order valence-corrected chi connectivity index (χ3v) is 3.58. The van der Waals surface area contributed by atoms with Gasteiger partial charge in [0, 0.05) is 17.8 Å². The molecule has 0 radical (unpaired) electrons. The van der Waals surface area contributed by atoms with Gasteiger partial charge in [-0.25, -0.2) is 0 Å². The Bertz CT molecular complexity index is 482. The number of rotatable bonds is 6. The fourth-order valence-corrected chi connectivity index (χ4v) is 2.64. The molecular weight excluding hydrogens is 252 g/mol. The fraction of sp³-hybridized carbons (Fsp3) is 0.562. The summed E-state index contributed by atoms with van der Waals surface area (Å²) in [7, 11) is 0. The molecule has 4 nitrogen and oxygen atoms in total. The van der Waals surface area contributed by atoms with Gasteiger partial charge in [-0.05, 0) is 45.2 Å². The predicted molar refractivity (Wildman–Crippen MR) is 79.1 cm³/mol. The van der Waals surface area contributed by atoms with E-state index >= 15 is 0 Å². The normalized spacial score (nSPS) is 21.2. The average Bonchev–Trinajstić information content (AvgIpc) is 2.89. The summed E-state index contributed by atoms with van der Waals surface area (Å²) < 4.78 is 11.2. The molecule has 0 aromatic heterocycles. The number of ether oxygens (including phenoxy) is 2. The first kappa shape index (κ1) is 14.5. The highest BCUT2D eigenvalue weighted by molar-refractivity contribution is 5.55. The Morgan fingerprint density at radius 3 is 2.65 bits per heavy atom. The predicted octanol–water partition coefficient (Wildman–Crippen LogP) is 3.59. The fourth-order valence-electron chi connectivity index (χ4n) is 2.64. The summed E-state index contributed by atoms with van der Waals surface area (Å²) in [6.45, 7) is 5.14. The van der Waals surface area contributed by atoms with Crippen molar-refractivity contribution in [3.63, 3.8) is 0 Å². The van der Waals surface area contributed by atoms with Crippen molar-refractivity contribution in [3.05, 3.63) is 18.2 Å². The Morgan fingerprint density at radius 1 is 1.20 bits per heavy atom. The first-order chi connectivity index (χ1) is 9.78. The zero-order chi connectivity index (χ0) is 14.4. The standard InChI is InChI=1S/C16H22N2O2/c1-3-19-15-9-8-13(10-16(15)20-4-2)18-14-7-5-6-12(14)11-17/h8-10,12,14,18H,3-7H2,1-2H3. The van der Waals surface area contributed by atoms with E-state index in [-0.39, 0.29) is 12.0 Å². The molecule has 20 heavy (non-hydrogen) atoms. The van der Waals surface area contributed by atoms with Crippen LogP contribution in [0.2, 0.25) is 0 Å². The molecule has 0 saturated heterocycles. The van der Waals surface area contributed by atoms with E-state index in [1.807, 2.05) is 32.0 Å². The number of nitriles is 1. The highest BCUT2D eigenvalue weighted by atomic mass is 16.5. The zero-order valence-electron chi connectivity index (χ0n) is 12.2. The van der Waals surface area contributed by atoms with Gasteiger partial charge in [0.2, 0.25) is 0 Å². The lowest BCUT2D eigenvalue weighted by Gasteiger charge is -2.19. The maximum atomic E-state index is 9.13. The maximum absolute atomic E-state index is 9.13. The number of benzene rings is 1. The molecule has 1 aromatic carbocycles. The van der Waals surface area contributed by atoms with E-state index in [1.165, 1.54) is 0 Å². The van der Waals surface area contributed by atoms with Crippen LogP contribution >= 0.6 is 0 Å². The summed E-state index contributed by atoms with van der Waals surface area (Å²) in [6.07, 6.45) is 3.16. The molecule has 1 fully saturated rings. The molecule has 4 heteroatoms. The highest BCUT2D eigenvalue weighted by Crippen LogP contribution is 2.33. The number of hydrogen-bond donors (Lipinski definition) is 1. The van der Waals surface area contributed by atoms with Crippen LogP contribution in [0.15, 0.2) is 18.2 Å². The third kappa shape index (κ3) is 3.36. The minimum Gasteiger partial charge on any atom is -0.490 e. The molecule has 1 N–H and O–H groups in total. The van der Waals surface area contributed by atoms with E-state index < -0.39 is 0 Å². The summed E-state index contributed by atoms with van der Waals surface area (Å²) >= 11 is 0. The van der Waals surface area contributed by atoms with Crippen LogP contribution < -0.4 is 14.8 Å². The van der Waals surface area contributed by atoms with E-state index in [0.717, 1.165) is 36.4 Å². The van der Waals surface area contributed by atoms with Crippen LogP contribution in [0.25, 0.3) is 0 Å². The van der Waals surface area contributed by atoms with Crippen LogP contribution in [0.3, 0.4) is 0 Å². The van der Waals surface area contributed by atoms with Gasteiger partial charge >= 0.3 is 0 Å². The molecule has 2 unspecified atom stereocenters. The van der Waals surface area contributed by atoms with Gasteiger partial charge in [-0.1, -0.05) is 0 Å². The Morgan fingerprint density at radius 2 is 1.95 bits per heavy atom. The lowest BCUT2D eigenvalue weighted by Crippen LogP contribution is -2.22. The van der Waals surface area contributed by atoms with Crippen LogP contribution in [0.1, 0.15) is 33.1 Å². The van der Waals surface area contributed by atoms with Crippen LogP contribution in [-0.2, 0) is 0 Å². The molecule has 1 saturated carbocycles. The van der Waals surface area contributed by atoms with Crippen molar-refractivity contribution in [2.75, 3.05) is 18.5 Å². The first-order valence-corrected chi connectivity index (χ1v) is 7.34. The average molecular weight is 274 g/mol. The second-order valence-electron chi connectivity index (χ2n) is 4.94. The van der Waals surface area contributed by atoms with Crippen molar-refractivity contribution in [1.82, 2.24) is 0 Å². The van der Waals surface area contributed by atoms with E-state index in [0.29, 0.717) is 13.2 Å². The SMILES string of the molecule is CCOc1ccc(NC2CCCC2C#N)cc1OCC. The summed E-state index contributed by atoms with van der Waals surface area (Å²) in [4.78, 5) is 0. The number of nitrogens with one attached hydrogen (secondary N) is 1. The molecule has 1 aromatic rings. The van der Waals surface area contributed by atoms with Crippen molar-refractivity contribution >= 4 is 5.69 Å². The van der Waals surface area contributed by atoms with Crippen LogP contribution in [0, 0.1) is 17.2 Å². The van der Waals surface area contributed by atoms with Crippen LogP contribution in [-0.4, -0.2) is 19.3 Å². The largest absolute Gasteiger partial charge is 0.490 e. The van der Waals surface area contributed by atoms with Gasteiger partial charge in [-0.3, -0.25) is 0 Å². The smallest absolute Gasteiger partial charge is 0.163 e. The molecule has 2 atom stereocenters. The Hall–Kier alpha value is -1.89. The molecule has 0 amide bonds. The second-order valence-corrected chi connectivity index (χ2v) is 4.94. The third-order valence-electron chi connectivity index (χ3n) is 3.58.